The van der Waals surface area contributed by atoms with Gasteiger partial charge in [-0.3, -0.25) is 14.8 Å². The van der Waals surface area contributed by atoms with Crippen molar-refractivity contribution in [2.24, 2.45) is 7.05 Å². The summed E-state index contributed by atoms with van der Waals surface area (Å²) >= 11 is 0. The number of aryl methyl sites for hydroxylation is 1. The lowest BCUT2D eigenvalue weighted by Gasteiger charge is -2.16. The first kappa shape index (κ1) is 20.7. The normalized spacial score (nSPS) is 11.7. The molecule has 0 saturated carbocycles. The number of rotatable bonds is 8. The smallest absolute Gasteiger partial charge is 0.322 e. The van der Waals surface area contributed by atoms with Crippen LogP contribution < -0.4 is 5.32 Å². The van der Waals surface area contributed by atoms with E-state index in [-0.39, 0.29) is 22.4 Å². The van der Waals surface area contributed by atoms with Gasteiger partial charge in [0, 0.05) is 32.4 Å². The van der Waals surface area contributed by atoms with Gasteiger partial charge in [-0.05, 0) is 36.8 Å². The van der Waals surface area contributed by atoms with E-state index >= 15 is 0 Å². The molecule has 0 unspecified atom stereocenters. The molecule has 0 spiro atoms. The van der Waals surface area contributed by atoms with Crippen LogP contribution in [-0.2, 0) is 17.1 Å². The van der Waals surface area contributed by atoms with E-state index in [0.717, 1.165) is 12.8 Å². The number of anilines is 1. The van der Waals surface area contributed by atoms with Crippen LogP contribution in [0.25, 0.3) is 11.6 Å². The molecule has 1 N–H and O–H groups in total. The van der Waals surface area contributed by atoms with E-state index < -0.39 is 15.9 Å². The van der Waals surface area contributed by atoms with Gasteiger partial charge >= 0.3 is 6.01 Å². The number of nitrogens with zero attached hydrogens (tertiary/aromatic N) is 5. The minimum atomic E-state index is -3.59. The van der Waals surface area contributed by atoms with Gasteiger partial charge in [-0.25, -0.2) is 12.7 Å². The largest absolute Gasteiger partial charge is 0.401 e. The Morgan fingerprint density at radius 3 is 2.55 bits per heavy atom. The highest BCUT2D eigenvalue weighted by Gasteiger charge is 2.21. The summed E-state index contributed by atoms with van der Waals surface area (Å²) in [5.41, 5.74) is 0.750. The zero-order valence-corrected chi connectivity index (χ0v) is 17.2. The SMILES string of the molecule is CCCCN(C)S(=O)(=O)c1ccc(C(=O)Nc2nnc(-c3ccn(C)n3)o2)cc1. The van der Waals surface area contributed by atoms with Crippen molar-refractivity contribution in [3.8, 4) is 11.6 Å². The molecule has 2 aromatic heterocycles. The standard InChI is InChI=1S/C18H22N6O4S/c1-4-5-11-24(3)29(26,27)14-8-6-13(7-9-14)16(25)19-18-21-20-17(28-18)15-10-12-23(2)22-15/h6-10,12H,4-5,11H2,1-3H3,(H,19,21,25). The Hall–Kier alpha value is -3.05. The fourth-order valence-corrected chi connectivity index (χ4v) is 3.74. The van der Waals surface area contributed by atoms with E-state index in [2.05, 4.69) is 20.6 Å². The van der Waals surface area contributed by atoms with Crippen LogP contribution in [0.5, 0.6) is 0 Å². The van der Waals surface area contributed by atoms with Crippen LogP contribution in [0, 0.1) is 0 Å². The van der Waals surface area contributed by atoms with Crippen molar-refractivity contribution in [3.05, 3.63) is 42.1 Å². The quantitative estimate of drug-likeness (QED) is 0.594. The zero-order chi connectivity index (χ0) is 21.0. The molecule has 1 aromatic carbocycles. The van der Waals surface area contributed by atoms with Crippen LogP contribution >= 0.6 is 0 Å². The lowest BCUT2D eigenvalue weighted by Crippen LogP contribution is -2.28. The fourth-order valence-electron chi connectivity index (χ4n) is 2.53. The maximum absolute atomic E-state index is 12.5. The van der Waals surface area contributed by atoms with Gasteiger partial charge in [0.05, 0.1) is 4.90 Å². The molecule has 1 amide bonds. The van der Waals surface area contributed by atoms with Crippen molar-refractivity contribution in [2.75, 3.05) is 18.9 Å². The van der Waals surface area contributed by atoms with Crippen LogP contribution in [0.4, 0.5) is 6.01 Å². The van der Waals surface area contributed by atoms with Crippen LogP contribution in [0.2, 0.25) is 0 Å². The summed E-state index contributed by atoms with van der Waals surface area (Å²) in [7, 11) is -0.286. The molecule has 10 nitrogen and oxygen atoms in total. The molecule has 0 aliphatic rings. The Morgan fingerprint density at radius 1 is 1.21 bits per heavy atom. The minimum absolute atomic E-state index is 0.0772. The van der Waals surface area contributed by atoms with Gasteiger partial charge in [-0.1, -0.05) is 18.4 Å². The minimum Gasteiger partial charge on any atom is -0.401 e. The fraction of sp³-hybridized carbons (Fsp3) is 0.333. The molecule has 0 atom stereocenters. The second kappa shape index (κ2) is 8.53. The summed E-state index contributed by atoms with van der Waals surface area (Å²) in [6, 6.07) is 7.31. The predicted molar refractivity (Wildman–Crippen MR) is 106 cm³/mol. The van der Waals surface area contributed by atoms with Crippen molar-refractivity contribution in [3.63, 3.8) is 0 Å². The average Bonchev–Trinajstić information content (AvgIpc) is 3.35. The van der Waals surface area contributed by atoms with E-state index in [1.54, 1.807) is 31.0 Å². The Labute approximate surface area is 168 Å². The van der Waals surface area contributed by atoms with Gasteiger partial charge in [0.2, 0.25) is 10.0 Å². The zero-order valence-electron chi connectivity index (χ0n) is 16.4. The molecular formula is C18H22N6O4S. The molecule has 0 fully saturated rings. The molecule has 3 rings (SSSR count). The van der Waals surface area contributed by atoms with Crippen LogP contribution in [0.1, 0.15) is 30.1 Å². The van der Waals surface area contributed by atoms with E-state index in [1.165, 1.54) is 28.6 Å². The maximum atomic E-state index is 12.5. The van der Waals surface area contributed by atoms with Crippen LogP contribution in [0.15, 0.2) is 45.8 Å². The predicted octanol–water partition coefficient (Wildman–Crippen LogP) is 2.14. The second-order valence-corrected chi connectivity index (χ2v) is 8.49. The van der Waals surface area contributed by atoms with E-state index in [0.29, 0.717) is 12.2 Å². The number of benzene rings is 1. The number of nitrogens with one attached hydrogen (secondary N) is 1. The third-order valence-electron chi connectivity index (χ3n) is 4.23. The Kier molecular flexibility index (Phi) is 6.09. The number of aromatic nitrogens is 4. The number of amides is 1. The van der Waals surface area contributed by atoms with Gasteiger partial charge in [0.1, 0.15) is 5.69 Å². The molecule has 29 heavy (non-hydrogen) atoms. The molecule has 154 valence electrons. The number of carbonyl (C=O) groups is 1. The van der Waals surface area contributed by atoms with E-state index in [9.17, 15) is 13.2 Å². The summed E-state index contributed by atoms with van der Waals surface area (Å²) < 4.78 is 33.4. The second-order valence-electron chi connectivity index (χ2n) is 6.45. The van der Waals surface area contributed by atoms with Gasteiger partial charge in [0.15, 0.2) is 0 Å². The Bertz CT molecular complexity index is 1090. The summed E-state index contributed by atoms with van der Waals surface area (Å²) in [5, 5.41) is 14.3. The molecule has 2 heterocycles. The first-order valence-corrected chi connectivity index (χ1v) is 10.5. The molecule has 0 radical (unpaired) electrons. The van der Waals surface area contributed by atoms with Crippen molar-refractivity contribution in [1.82, 2.24) is 24.3 Å². The summed E-state index contributed by atoms with van der Waals surface area (Å²) in [6.45, 7) is 2.44. The van der Waals surface area contributed by atoms with Crippen LogP contribution in [0.3, 0.4) is 0 Å². The first-order valence-electron chi connectivity index (χ1n) is 9.02. The van der Waals surface area contributed by atoms with Crippen molar-refractivity contribution in [2.45, 2.75) is 24.7 Å². The van der Waals surface area contributed by atoms with Crippen molar-refractivity contribution >= 4 is 21.9 Å². The lowest BCUT2D eigenvalue weighted by molar-refractivity contribution is 0.102. The molecule has 0 aliphatic heterocycles. The number of unbranched alkanes of at least 4 members (excludes halogenated alkanes) is 1. The highest BCUT2D eigenvalue weighted by Crippen LogP contribution is 2.19. The van der Waals surface area contributed by atoms with Crippen molar-refractivity contribution < 1.29 is 17.6 Å². The summed E-state index contributed by atoms with van der Waals surface area (Å²) in [5.74, 6) is -0.318. The Balaban J connectivity index is 1.69. The third kappa shape index (κ3) is 4.69. The summed E-state index contributed by atoms with van der Waals surface area (Å²) in [6.07, 6.45) is 3.41. The van der Waals surface area contributed by atoms with E-state index in [1.807, 2.05) is 6.92 Å². The Morgan fingerprint density at radius 2 is 1.93 bits per heavy atom. The van der Waals surface area contributed by atoms with Crippen LogP contribution in [-0.4, -0.2) is 52.2 Å². The highest BCUT2D eigenvalue weighted by molar-refractivity contribution is 7.89. The molecule has 0 bridgehead atoms. The van der Waals surface area contributed by atoms with Gasteiger partial charge < -0.3 is 4.42 Å². The molecule has 0 saturated heterocycles. The number of sulfonamides is 1. The topological polar surface area (TPSA) is 123 Å². The number of carbonyl (C=O) groups excluding carboxylic acids is 1. The lowest BCUT2D eigenvalue weighted by atomic mass is 10.2. The maximum Gasteiger partial charge on any atom is 0.322 e. The molecule has 0 aliphatic carbocycles. The summed E-state index contributed by atoms with van der Waals surface area (Å²) in [4.78, 5) is 12.5. The molecular weight excluding hydrogens is 396 g/mol. The van der Waals surface area contributed by atoms with Crippen molar-refractivity contribution in [1.29, 1.82) is 0 Å². The number of hydrogen-bond acceptors (Lipinski definition) is 7. The van der Waals surface area contributed by atoms with Gasteiger partial charge in [-0.15, -0.1) is 5.10 Å². The highest BCUT2D eigenvalue weighted by atomic mass is 32.2. The first-order chi connectivity index (χ1) is 13.8. The number of hydrogen-bond donors (Lipinski definition) is 1. The third-order valence-corrected chi connectivity index (χ3v) is 6.10. The monoisotopic (exact) mass is 418 g/mol. The molecule has 3 aromatic rings. The van der Waals surface area contributed by atoms with Gasteiger partial charge in [-0.2, -0.15) is 5.10 Å². The van der Waals surface area contributed by atoms with Gasteiger partial charge in [0.25, 0.3) is 11.8 Å². The van der Waals surface area contributed by atoms with E-state index in [4.69, 9.17) is 4.42 Å². The average molecular weight is 418 g/mol. The molecule has 11 heteroatoms.